The van der Waals surface area contributed by atoms with E-state index in [0.29, 0.717) is 43.4 Å². The molecule has 0 bridgehead atoms. The van der Waals surface area contributed by atoms with Gasteiger partial charge in [-0.25, -0.2) is 4.79 Å². The summed E-state index contributed by atoms with van der Waals surface area (Å²) in [6, 6.07) is 3.63. The summed E-state index contributed by atoms with van der Waals surface area (Å²) in [5, 5.41) is 3.29. The molecule has 1 N–H and O–H groups in total. The van der Waals surface area contributed by atoms with E-state index in [2.05, 4.69) is 5.32 Å². The molecule has 0 aliphatic carbocycles. The van der Waals surface area contributed by atoms with Gasteiger partial charge >= 0.3 is 6.09 Å². The number of nitrogens with zero attached hydrogens (tertiary/aromatic N) is 2. The fraction of sp³-hybridized carbons (Fsp3) is 0.609. The number of hydrogen-bond acceptors (Lipinski definition) is 5. The van der Waals surface area contributed by atoms with Gasteiger partial charge in [0.2, 0.25) is 5.91 Å². The number of carbonyl (C=O) groups excluding carboxylic acids is 3. The number of nitrogens with one attached hydrogen (secondary N) is 1. The highest BCUT2D eigenvalue weighted by Gasteiger charge is 2.23. The molecule has 1 saturated heterocycles. The van der Waals surface area contributed by atoms with E-state index in [1.165, 1.54) is 0 Å². The van der Waals surface area contributed by atoms with Gasteiger partial charge in [-0.15, -0.1) is 0 Å². The summed E-state index contributed by atoms with van der Waals surface area (Å²) in [6.45, 7) is 11.3. The lowest BCUT2D eigenvalue weighted by Crippen LogP contribution is -2.40. The second kappa shape index (κ2) is 11.4. The summed E-state index contributed by atoms with van der Waals surface area (Å²) in [7, 11) is 0. The van der Waals surface area contributed by atoms with E-state index < -0.39 is 11.7 Å². The molecule has 1 aliphatic heterocycles. The Morgan fingerprint density at radius 3 is 2.12 bits per heavy atom. The second-order valence-electron chi connectivity index (χ2n) is 8.95. The van der Waals surface area contributed by atoms with Gasteiger partial charge in [-0.05, 0) is 64.3 Å². The number of hydrogen-bond donors (Lipinski definition) is 1. The third-order valence-corrected chi connectivity index (χ3v) is 5.58. The number of ether oxygens (including phenoxy) is 2. The highest BCUT2D eigenvalue weighted by Crippen LogP contribution is 2.25. The molecule has 0 radical (unpaired) electrons. The Morgan fingerprint density at radius 1 is 1.00 bits per heavy atom. The minimum absolute atomic E-state index is 0.0567. The SMILES string of the molecule is Cc1cc(OCC(=O)N2CCCN(C(=O)CCNC(=O)OC(C)(C)C)CC2)cc(C)c1Cl. The van der Waals surface area contributed by atoms with Crippen molar-refractivity contribution < 1.29 is 23.9 Å². The molecule has 1 heterocycles. The van der Waals surface area contributed by atoms with E-state index in [0.717, 1.165) is 11.1 Å². The van der Waals surface area contributed by atoms with Gasteiger partial charge < -0.3 is 24.6 Å². The molecule has 1 fully saturated rings. The molecular weight excluding hydrogens is 434 g/mol. The molecule has 0 unspecified atom stereocenters. The summed E-state index contributed by atoms with van der Waals surface area (Å²) >= 11 is 6.17. The minimum atomic E-state index is -0.580. The number of rotatable bonds is 6. The van der Waals surface area contributed by atoms with Crippen LogP contribution < -0.4 is 10.1 Å². The molecule has 3 amide bonds. The Bertz CT molecular complexity index is 814. The van der Waals surface area contributed by atoms with Crippen LogP contribution in [0.1, 0.15) is 44.7 Å². The van der Waals surface area contributed by atoms with Gasteiger partial charge in [0, 0.05) is 44.2 Å². The lowest BCUT2D eigenvalue weighted by atomic mass is 10.1. The van der Waals surface area contributed by atoms with Gasteiger partial charge in [-0.2, -0.15) is 0 Å². The highest BCUT2D eigenvalue weighted by molar-refractivity contribution is 6.32. The van der Waals surface area contributed by atoms with Crippen LogP contribution in [0.15, 0.2) is 12.1 Å². The van der Waals surface area contributed by atoms with Gasteiger partial charge in [0.05, 0.1) is 0 Å². The van der Waals surface area contributed by atoms with E-state index in [1.807, 2.05) is 26.0 Å². The van der Waals surface area contributed by atoms with E-state index in [9.17, 15) is 14.4 Å². The Balaban J connectivity index is 1.76. The molecule has 0 saturated carbocycles. The summed E-state index contributed by atoms with van der Waals surface area (Å²) in [4.78, 5) is 40.2. The minimum Gasteiger partial charge on any atom is -0.484 e. The monoisotopic (exact) mass is 467 g/mol. The number of amides is 3. The van der Waals surface area contributed by atoms with Gasteiger partial charge in [0.1, 0.15) is 11.4 Å². The first-order valence-electron chi connectivity index (χ1n) is 10.9. The first-order chi connectivity index (χ1) is 15.0. The number of benzene rings is 1. The van der Waals surface area contributed by atoms with E-state index in [4.69, 9.17) is 21.1 Å². The van der Waals surface area contributed by atoms with Crippen molar-refractivity contribution in [3.8, 4) is 5.75 Å². The average molecular weight is 468 g/mol. The van der Waals surface area contributed by atoms with Crippen LogP contribution in [0, 0.1) is 13.8 Å². The fourth-order valence-electron chi connectivity index (χ4n) is 3.39. The third kappa shape index (κ3) is 8.22. The van der Waals surface area contributed by atoms with Crippen LogP contribution >= 0.6 is 11.6 Å². The molecule has 0 atom stereocenters. The first kappa shape index (κ1) is 25.8. The zero-order chi connectivity index (χ0) is 23.9. The van der Waals surface area contributed by atoms with Crippen LogP contribution in [0.3, 0.4) is 0 Å². The second-order valence-corrected chi connectivity index (χ2v) is 9.33. The highest BCUT2D eigenvalue weighted by atomic mass is 35.5. The number of aryl methyl sites for hydroxylation is 2. The first-order valence-corrected chi connectivity index (χ1v) is 11.3. The van der Waals surface area contributed by atoms with Crippen LogP contribution in [-0.4, -0.2) is 72.6 Å². The average Bonchev–Trinajstić information content (AvgIpc) is 2.95. The van der Waals surface area contributed by atoms with Crippen molar-refractivity contribution in [2.45, 2.75) is 53.1 Å². The van der Waals surface area contributed by atoms with Crippen molar-refractivity contribution in [1.29, 1.82) is 0 Å². The van der Waals surface area contributed by atoms with E-state index in [-0.39, 0.29) is 31.4 Å². The van der Waals surface area contributed by atoms with Crippen molar-refractivity contribution >= 4 is 29.5 Å². The Hall–Kier alpha value is -2.48. The predicted octanol–water partition coefficient (Wildman–Crippen LogP) is 3.31. The van der Waals surface area contributed by atoms with Crippen molar-refractivity contribution in [1.82, 2.24) is 15.1 Å². The standard InChI is InChI=1S/C23H34ClN3O5/c1-16-13-18(14-17(2)21(16)24)31-15-20(29)27-10-6-9-26(11-12-27)19(28)7-8-25-22(30)32-23(3,4)5/h13-14H,6-12,15H2,1-5H3,(H,25,30). The van der Waals surface area contributed by atoms with Gasteiger partial charge in [0.15, 0.2) is 6.61 Å². The van der Waals surface area contributed by atoms with Crippen LogP contribution in [0.5, 0.6) is 5.75 Å². The van der Waals surface area contributed by atoms with Gasteiger partial charge in [-0.3, -0.25) is 9.59 Å². The smallest absolute Gasteiger partial charge is 0.407 e. The maximum Gasteiger partial charge on any atom is 0.407 e. The Morgan fingerprint density at radius 2 is 1.56 bits per heavy atom. The van der Waals surface area contributed by atoms with Crippen molar-refractivity contribution in [3.63, 3.8) is 0 Å². The van der Waals surface area contributed by atoms with Crippen LogP contribution in [0.25, 0.3) is 0 Å². The van der Waals surface area contributed by atoms with Gasteiger partial charge in [-0.1, -0.05) is 11.6 Å². The zero-order valence-corrected chi connectivity index (χ0v) is 20.4. The third-order valence-electron chi connectivity index (χ3n) is 4.98. The molecule has 2 rings (SSSR count). The maximum atomic E-state index is 12.6. The molecule has 0 spiro atoms. The van der Waals surface area contributed by atoms with Crippen molar-refractivity contribution in [2.75, 3.05) is 39.3 Å². The van der Waals surface area contributed by atoms with Crippen LogP contribution in [-0.2, 0) is 14.3 Å². The molecule has 1 aromatic carbocycles. The number of alkyl carbamates (subject to hydrolysis) is 1. The summed E-state index contributed by atoms with van der Waals surface area (Å²) in [5.74, 6) is 0.441. The summed E-state index contributed by atoms with van der Waals surface area (Å²) in [6.07, 6.45) is 0.339. The van der Waals surface area contributed by atoms with Crippen molar-refractivity contribution in [3.05, 3.63) is 28.3 Å². The van der Waals surface area contributed by atoms with Crippen LogP contribution in [0.2, 0.25) is 5.02 Å². The topological polar surface area (TPSA) is 88.2 Å². The van der Waals surface area contributed by atoms with E-state index in [1.54, 1.807) is 30.6 Å². The van der Waals surface area contributed by atoms with Crippen molar-refractivity contribution in [2.24, 2.45) is 0 Å². The molecule has 9 heteroatoms. The lowest BCUT2D eigenvalue weighted by Gasteiger charge is -2.23. The number of carbonyl (C=O) groups is 3. The predicted molar refractivity (Wildman–Crippen MR) is 123 cm³/mol. The molecule has 32 heavy (non-hydrogen) atoms. The van der Waals surface area contributed by atoms with E-state index >= 15 is 0 Å². The molecule has 1 aromatic rings. The molecular formula is C23H34ClN3O5. The normalized spacial score (nSPS) is 14.6. The quantitative estimate of drug-likeness (QED) is 0.693. The molecule has 1 aliphatic rings. The Labute approximate surface area is 195 Å². The zero-order valence-electron chi connectivity index (χ0n) is 19.6. The molecule has 0 aromatic heterocycles. The molecule has 178 valence electrons. The van der Waals surface area contributed by atoms with Crippen LogP contribution in [0.4, 0.5) is 4.79 Å². The number of halogens is 1. The lowest BCUT2D eigenvalue weighted by molar-refractivity contribution is -0.134. The van der Waals surface area contributed by atoms with Gasteiger partial charge in [0.25, 0.3) is 5.91 Å². The maximum absolute atomic E-state index is 12.6. The molecule has 8 nitrogen and oxygen atoms in total. The fourth-order valence-corrected chi connectivity index (χ4v) is 3.50. The summed E-state index contributed by atoms with van der Waals surface area (Å²) < 4.78 is 10.8. The summed E-state index contributed by atoms with van der Waals surface area (Å²) in [5.41, 5.74) is 1.22. The largest absolute Gasteiger partial charge is 0.484 e. The Kier molecular flexibility index (Phi) is 9.19.